The van der Waals surface area contributed by atoms with E-state index in [0.717, 1.165) is 24.9 Å². The van der Waals surface area contributed by atoms with E-state index < -0.39 is 10.0 Å². The van der Waals surface area contributed by atoms with Gasteiger partial charge >= 0.3 is 0 Å². The summed E-state index contributed by atoms with van der Waals surface area (Å²) in [6, 6.07) is 3.55. The zero-order valence-corrected chi connectivity index (χ0v) is 12.7. The molecule has 0 spiro atoms. The molecule has 0 radical (unpaired) electrons. The number of piperidine rings is 1. The molecule has 0 aliphatic carbocycles. The van der Waals surface area contributed by atoms with E-state index in [0.29, 0.717) is 12.6 Å². The Hall–Kier alpha value is -1.02. The Bertz CT molecular complexity index is 544. The van der Waals surface area contributed by atoms with Gasteiger partial charge in [-0.2, -0.15) is 0 Å². The van der Waals surface area contributed by atoms with E-state index >= 15 is 0 Å². The molecule has 0 aromatic carbocycles. The van der Waals surface area contributed by atoms with Crippen LogP contribution in [0.3, 0.4) is 0 Å². The van der Waals surface area contributed by atoms with Crippen LogP contribution in [-0.4, -0.2) is 44.0 Å². The predicted octanol–water partition coefficient (Wildman–Crippen LogP) is 0.301. The summed E-state index contributed by atoms with van der Waals surface area (Å²) >= 11 is 0. The highest BCUT2D eigenvalue weighted by atomic mass is 32.2. The van der Waals surface area contributed by atoms with Crippen LogP contribution in [0.5, 0.6) is 0 Å². The lowest BCUT2D eigenvalue weighted by Crippen LogP contribution is -2.47. The fraction of sp³-hybridized carbons (Fsp3) is 0.615. The second-order valence-corrected chi connectivity index (χ2v) is 7.04. The molecule has 2 unspecified atom stereocenters. The highest BCUT2D eigenvalue weighted by Crippen LogP contribution is 2.17. The van der Waals surface area contributed by atoms with Crippen molar-refractivity contribution in [3.05, 3.63) is 23.9 Å². The molecule has 0 bridgehead atoms. The maximum absolute atomic E-state index is 12.3. The third kappa shape index (κ3) is 3.54. The molecule has 112 valence electrons. The number of aromatic nitrogens is 1. The first-order valence-corrected chi connectivity index (χ1v) is 8.28. The number of hydrogen-bond donors (Lipinski definition) is 2. The molecular weight excluding hydrogens is 276 g/mol. The van der Waals surface area contributed by atoms with Crippen LogP contribution in [-0.2, 0) is 16.6 Å². The fourth-order valence-electron chi connectivity index (χ4n) is 2.37. The van der Waals surface area contributed by atoms with E-state index in [4.69, 9.17) is 5.73 Å². The topological polar surface area (TPSA) is 88.3 Å². The maximum atomic E-state index is 12.3. The average molecular weight is 298 g/mol. The normalized spacial score (nSPS) is 24.8. The zero-order valence-electron chi connectivity index (χ0n) is 11.9. The van der Waals surface area contributed by atoms with Gasteiger partial charge in [0, 0.05) is 24.8 Å². The van der Waals surface area contributed by atoms with Crippen molar-refractivity contribution in [2.45, 2.75) is 43.4 Å². The minimum atomic E-state index is -3.55. The summed E-state index contributed by atoms with van der Waals surface area (Å²) < 4.78 is 27.3. The zero-order chi connectivity index (χ0) is 14.8. The number of pyridine rings is 1. The lowest BCUT2D eigenvalue weighted by atomic mass is 10.0. The molecule has 2 heterocycles. The van der Waals surface area contributed by atoms with Gasteiger partial charge in [-0.25, -0.2) is 18.1 Å². The average Bonchev–Trinajstić information content (AvgIpc) is 2.43. The van der Waals surface area contributed by atoms with Gasteiger partial charge in [0.2, 0.25) is 0 Å². The highest BCUT2D eigenvalue weighted by molar-refractivity contribution is 7.89. The van der Waals surface area contributed by atoms with Crippen LogP contribution >= 0.6 is 0 Å². The number of likely N-dealkylation sites (tertiary alicyclic amines) is 1. The lowest BCUT2D eigenvalue weighted by molar-refractivity contribution is 0.178. The largest absolute Gasteiger partial charge is 0.326 e. The molecule has 0 amide bonds. The Balaban J connectivity index is 2.07. The summed E-state index contributed by atoms with van der Waals surface area (Å²) in [5, 5.41) is 0.0567. The van der Waals surface area contributed by atoms with Gasteiger partial charge in [-0.3, -0.25) is 0 Å². The van der Waals surface area contributed by atoms with E-state index in [1.165, 1.54) is 12.3 Å². The van der Waals surface area contributed by atoms with Crippen molar-refractivity contribution in [2.75, 3.05) is 13.6 Å². The Morgan fingerprint density at radius 3 is 2.80 bits per heavy atom. The van der Waals surface area contributed by atoms with E-state index in [9.17, 15) is 8.42 Å². The summed E-state index contributed by atoms with van der Waals surface area (Å²) in [6.45, 7) is 3.36. The molecule has 0 saturated carbocycles. The van der Waals surface area contributed by atoms with Gasteiger partial charge in [0.25, 0.3) is 10.0 Å². The quantitative estimate of drug-likeness (QED) is 0.835. The Kier molecular flexibility index (Phi) is 4.74. The standard InChI is InChI=1S/C13H22N4O2S/c1-10-7-12(5-6-17(10)2)16-20(18,19)13-4-3-11(8-14)9-15-13/h3-4,9-10,12,16H,5-8,14H2,1-2H3. The first-order valence-electron chi connectivity index (χ1n) is 6.80. The fourth-order valence-corrected chi connectivity index (χ4v) is 3.58. The van der Waals surface area contributed by atoms with Crippen molar-refractivity contribution in [1.82, 2.24) is 14.6 Å². The van der Waals surface area contributed by atoms with E-state index in [1.807, 2.05) is 0 Å². The Morgan fingerprint density at radius 1 is 1.50 bits per heavy atom. The van der Waals surface area contributed by atoms with Crippen LogP contribution in [0.4, 0.5) is 0 Å². The van der Waals surface area contributed by atoms with E-state index in [1.54, 1.807) is 6.07 Å². The van der Waals surface area contributed by atoms with Crippen molar-refractivity contribution in [3.8, 4) is 0 Å². The lowest BCUT2D eigenvalue weighted by Gasteiger charge is -2.35. The van der Waals surface area contributed by atoms with E-state index in [2.05, 4.69) is 28.6 Å². The van der Waals surface area contributed by atoms with Gasteiger partial charge in [-0.1, -0.05) is 6.07 Å². The molecule has 1 saturated heterocycles. The number of rotatable bonds is 4. The summed E-state index contributed by atoms with van der Waals surface area (Å²) in [6.07, 6.45) is 3.14. The van der Waals surface area contributed by atoms with Crippen molar-refractivity contribution in [3.63, 3.8) is 0 Å². The third-order valence-electron chi connectivity index (χ3n) is 3.84. The summed E-state index contributed by atoms with van der Waals surface area (Å²) in [5.41, 5.74) is 6.29. The molecule has 2 rings (SSSR count). The molecule has 2 atom stereocenters. The molecular formula is C13H22N4O2S. The van der Waals surface area contributed by atoms with Gasteiger partial charge in [-0.05, 0) is 45.0 Å². The number of nitrogens with zero attached hydrogens (tertiary/aromatic N) is 2. The van der Waals surface area contributed by atoms with Gasteiger partial charge < -0.3 is 10.6 Å². The van der Waals surface area contributed by atoms with Gasteiger partial charge in [-0.15, -0.1) is 0 Å². The number of nitrogens with one attached hydrogen (secondary N) is 1. The van der Waals surface area contributed by atoms with Crippen molar-refractivity contribution in [2.24, 2.45) is 5.73 Å². The molecule has 1 aromatic rings. The summed E-state index contributed by atoms with van der Waals surface area (Å²) in [7, 11) is -1.49. The van der Waals surface area contributed by atoms with Crippen molar-refractivity contribution >= 4 is 10.0 Å². The minimum absolute atomic E-state index is 0.0258. The van der Waals surface area contributed by atoms with E-state index in [-0.39, 0.29) is 11.1 Å². The van der Waals surface area contributed by atoms with Gasteiger partial charge in [0.05, 0.1) is 0 Å². The SMILES string of the molecule is CC1CC(NS(=O)(=O)c2ccc(CN)cn2)CCN1C. The van der Waals surface area contributed by atoms with Crippen LogP contribution < -0.4 is 10.5 Å². The van der Waals surface area contributed by atoms with Crippen LogP contribution in [0, 0.1) is 0 Å². The van der Waals surface area contributed by atoms with Crippen LogP contribution in [0.2, 0.25) is 0 Å². The number of hydrogen-bond acceptors (Lipinski definition) is 5. The second kappa shape index (κ2) is 6.17. The van der Waals surface area contributed by atoms with Crippen LogP contribution in [0.15, 0.2) is 23.4 Å². The van der Waals surface area contributed by atoms with Gasteiger partial charge in [0.15, 0.2) is 5.03 Å². The molecule has 3 N–H and O–H groups in total. The molecule has 1 aliphatic rings. The smallest absolute Gasteiger partial charge is 0.258 e. The number of sulfonamides is 1. The summed E-state index contributed by atoms with van der Waals surface area (Å²) in [5.74, 6) is 0. The Morgan fingerprint density at radius 2 is 2.25 bits per heavy atom. The molecule has 20 heavy (non-hydrogen) atoms. The maximum Gasteiger partial charge on any atom is 0.258 e. The minimum Gasteiger partial charge on any atom is -0.326 e. The van der Waals surface area contributed by atoms with Crippen molar-refractivity contribution in [1.29, 1.82) is 0 Å². The summed E-state index contributed by atoms with van der Waals surface area (Å²) in [4.78, 5) is 6.22. The molecule has 7 heteroatoms. The van der Waals surface area contributed by atoms with Crippen LogP contribution in [0.25, 0.3) is 0 Å². The molecule has 1 aromatic heterocycles. The first-order chi connectivity index (χ1) is 9.42. The monoisotopic (exact) mass is 298 g/mol. The van der Waals surface area contributed by atoms with Crippen molar-refractivity contribution < 1.29 is 8.42 Å². The third-order valence-corrected chi connectivity index (χ3v) is 5.27. The molecule has 6 nitrogen and oxygen atoms in total. The molecule has 1 fully saturated rings. The molecule has 1 aliphatic heterocycles. The first kappa shape index (κ1) is 15.4. The van der Waals surface area contributed by atoms with Gasteiger partial charge in [0.1, 0.15) is 0 Å². The Labute approximate surface area is 120 Å². The predicted molar refractivity (Wildman–Crippen MR) is 77.6 cm³/mol. The highest BCUT2D eigenvalue weighted by Gasteiger charge is 2.27. The number of nitrogens with two attached hydrogens (primary N) is 1. The van der Waals surface area contributed by atoms with Crippen LogP contribution in [0.1, 0.15) is 25.3 Å². The second-order valence-electron chi connectivity index (χ2n) is 5.38.